The Labute approximate surface area is 127 Å². The molecule has 0 aliphatic heterocycles. The zero-order valence-corrected chi connectivity index (χ0v) is 13.6. The first-order valence-corrected chi connectivity index (χ1v) is 7.58. The third-order valence-corrected chi connectivity index (χ3v) is 3.89. The number of aromatic nitrogens is 2. The minimum absolute atomic E-state index is 0.0993. The summed E-state index contributed by atoms with van der Waals surface area (Å²) >= 11 is 3.33. The minimum Gasteiger partial charge on any atom is -0.309 e. The number of aryl methyl sites for hydroxylation is 1. The molecule has 0 amide bonds. The highest BCUT2D eigenvalue weighted by Gasteiger charge is 2.11. The number of nitrogens with one attached hydrogen (secondary N) is 1. The Kier molecular flexibility index (Phi) is 4.76. The Balaban J connectivity index is 2.30. The van der Waals surface area contributed by atoms with E-state index in [4.69, 9.17) is 0 Å². The van der Waals surface area contributed by atoms with Crippen LogP contribution in [0.15, 0.2) is 33.5 Å². The summed E-state index contributed by atoms with van der Waals surface area (Å²) in [5.74, 6) is 1.19. The SMILES string of the molecule is Cc1ccc(Cc2nc(CC(C)C)c(Br)c(=O)[nH]2)cc1. The van der Waals surface area contributed by atoms with Gasteiger partial charge in [-0.25, -0.2) is 4.98 Å². The number of hydrogen-bond donors (Lipinski definition) is 1. The fraction of sp³-hybridized carbons (Fsp3) is 0.375. The van der Waals surface area contributed by atoms with Crippen molar-refractivity contribution in [3.63, 3.8) is 0 Å². The second kappa shape index (κ2) is 6.35. The summed E-state index contributed by atoms with van der Waals surface area (Å²) in [7, 11) is 0. The second-order valence-electron chi connectivity index (χ2n) is 5.53. The van der Waals surface area contributed by atoms with Gasteiger partial charge in [-0.3, -0.25) is 4.79 Å². The number of aromatic amines is 1. The van der Waals surface area contributed by atoms with E-state index < -0.39 is 0 Å². The molecule has 0 unspecified atom stereocenters. The molecule has 1 N–H and O–H groups in total. The van der Waals surface area contributed by atoms with E-state index in [-0.39, 0.29) is 5.56 Å². The molecule has 0 atom stereocenters. The Morgan fingerprint density at radius 1 is 1.25 bits per heavy atom. The van der Waals surface area contributed by atoms with Gasteiger partial charge >= 0.3 is 0 Å². The van der Waals surface area contributed by atoms with E-state index in [2.05, 4.69) is 70.9 Å². The van der Waals surface area contributed by atoms with Gasteiger partial charge in [0.2, 0.25) is 0 Å². The molecule has 3 nitrogen and oxygen atoms in total. The second-order valence-corrected chi connectivity index (χ2v) is 6.33. The maximum atomic E-state index is 11.9. The van der Waals surface area contributed by atoms with Gasteiger partial charge in [-0.1, -0.05) is 43.7 Å². The summed E-state index contributed by atoms with van der Waals surface area (Å²) in [5, 5.41) is 0. The predicted molar refractivity (Wildman–Crippen MR) is 85.1 cm³/mol. The van der Waals surface area contributed by atoms with Gasteiger partial charge in [-0.15, -0.1) is 0 Å². The Hall–Kier alpha value is -1.42. The van der Waals surface area contributed by atoms with Gasteiger partial charge in [-0.05, 0) is 40.8 Å². The highest BCUT2D eigenvalue weighted by atomic mass is 79.9. The molecule has 0 spiro atoms. The van der Waals surface area contributed by atoms with Crippen molar-refractivity contribution >= 4 is 15.9 Å². The van der Waals surface area contributed by atoms with Crippen molar-refractivity contribution in [2.24, 2.45) is 5.92 Å². The van der Waals surface area contributed by atoms with E-state index in [0.29, 0.717) is 16.8 Å². The van der Waals surface area contributed by atoms with Crippen molar-refractivity contribution in [3.05, 3.63) is 61.7 Å². The molecule has 0 aliphatic rings. The topological polar surface area (TPSA) is 45.8 Å². The molecule has 1 aromatic carbocycles. The van der Waals surface area contributed by atoms with Gasteiger partial charge in [0, 0.05) is 6.42 Å². The van der Waals surface area contributed by atoms with Crippen LogP contribution in [0, 0.1) is 12.8 Å². The Morgan fingerprint density at radius 3 is 2.50 bits per heavy atom. The van der Waals surface area contributed by atoms with Crippen LogP contribution in [0.25, 0.3) is 0 Å². The van der Waals surface area contributed by atoms with Crippen LogP contribution in [0.4, 0.5) is 0 Å². The molecule has 0 radical (unpaired) electrons. The summed E-state index contributed by atoms with van der Waals surface area (Å²) < 4.78 is 0.554. The molecular weight excluding hydrogens is 316 g/mol. The summed E-state index contributed by atoms with van der Waals surface area (Å²) in [4.78, 5) is 19.4. The minimum atomic E-state index is -0.0993. The van der Waals surface area contributed by atoms with E-state index in [0.717, 1.165) is 23.5 Å². The lowest BCUT2D eigenvalue weighted by Gasteiger charge is -2.09. The third-order valence-electron chi connectivity index (χ3n) is 3.07. The summed E-state index contributed by atoms with van der Waals surface area (Å²) in [6, 6.07) is 8.28. The first-order valence-electron chi connectivity index (χ1n) is 6.79. The third kappa shape index (κ3) is 3.79. The molecule has 0 bridgehead atoms. The summed E-state index contributed by atoms with van der Waals surface area (Å²) in [6.45, 7) is 6.30. The molecule has 0 saturated carbocycles. The van der Waals surface area contributed by atoms with Crippen LogP contribution >= 0.6 is 15.9 Å². The number of nitrogens with zero attached hydrogens (tertiary/aromatic N) is 1. The van der Waals surface area contributed by atoms with Crippen molar-refractivity contribution < 1.29 is 0 Å². The van der Waals surface area contributed by atoms with Gasteiger partial charge in [-0.2, -0.15) is 0 Å². The highest BCUT2D eigenvalue weighted by Crippen LogP contribution is 2.15. The number of rotatable bonds is 4. The molecule has 2 rings (SSSR count). The number of hydrogen-bond acceptors (Lipinski definition) is 2. The van der Waals surface area contributed by atoms with E-state index >= 15 is 0 Å². The van der Waals surface area contributed by atoms with Gasteiger partial charge < -0.3 is 4.98 Å². The molecule has 1 aromatic heterocycles. The molecule has 2 aromatic rings. The average Bonchev–Trinajstić information content (AvgIpc) is 2.37. The average molecular weight is 335 g/mol. The molecular formula is C16H19BrN2O. The van der Waals surface area contributed by atoms with Gasteiger partial charge in [0.05, 0.1) is 5.69 Å². The van der Waals surface area contributed by atoms with Crippen LogP contribution in [-0.4, -0.2) is 9.97 Å². The standard InChI is InChI=1S/C16H19BrN2O/c1-10(2)8-13-15(17)16(20)19-14(18-13)9-12-6-4-11(3)5-7-12/h4-7,10H,8-9H2,1-3H3,(H,18,19,20). The van der Waals surface area contributed by atoms with Gasteiger partial charge in [0.15, 0.2) is 0 Å². The van der Waals surface area contributed by atoms with Crippen molar-refractivity contribution in [2.45, 2.75) is 33.6 Å². The molecule has 4 heteroatoms. The quantitative estimate of drug-likeness (QED) is 0.927. The zero-order chi connectivity index (χ0) is 14.7. The Bertz CT molecular complexity index is 645. The van der Waals surface area contributed by atoms with Crippen LogP contribution in [0.5, 0.6) is 0 Å². The molecule has 0 fully saturated rings. The van der Waals surface area contributed by atoms with Crippen molar-refractivity contribution in [3.8, 4) is 0 Å². The van der Waals surface area contributed by atoms with Crippen LogP contribution in [0.2, 0.25) is 0 Å². The number of halogens is 1. The lowest BCUT2D eigenvalue weighted by atomic mass is 10.1. The van der Waals surface area contributed by atoms with Crippen molar-refractivity contribution in [1.82, 2.24) is 9.97 Å². The monoisotopic (exact) mass is 334 g/mol. The fourth-order valence-corrected chi connectivity index (χ4v) is 2.41. The lowest BCUT2D eigenvalue weighted by Crippen LogP contribution is -2.17. The summed E-state index contributed by atoms with van der Waals surface area (Å²) in [5.41, 5.74) is 3.12. The van der Waals surface area contributed by atoms with Gasteiger partial charge in [0.25, 0.3) is 5.56 Å². The largest absolute Gasteiger partial charge is 0.309 e. The van der Waals surface area contributed by atoms with E-state index in [1.807, 2.05) is 0 Å². The van der Waals surface area contributed by atoms with Gasteiger partial charge in [0.1, 0.15) is 10.3 Å². The fourth-order valence-electron chi connectivity index (χ4n) is 2.06. The maximum absolute atomic E-state index is 11.9. The molecule has 1 heterocycles. The summed E-state index contributed by atoms with van der Waals surface area (Å²) in [6.07, 6.45) is 1.44. The van der Waals surface area contributed by atoms with Crippen LogP contribution < -0.4 is 5.56 Å². The molecule has 20 heavy (non-hydrogen) atoms. The number of benzene rings is 1. The molecule has 0 aliphatic carbocycles. The van der Waals surface area contributed by atoms with Crippen molar-refractivity contribution in [2.75, 3.05) is 0 Å². The van der Waals surface area contributed by atoms with Crippen LogP contribution in [0.3, 0.4) is 0 Å². The van der Waals surface area contributed by atoms with Crippen molar-refractivity contribution in [1.29, 1.82) is 0 Å². The number of H-pyrrole nitrogens is 1. The maximum Gasteiger partial charge on any atom is 0.265 e. The Morgan fingerprint density at radius 2 is 1.90 bits per heavy atom. The molecule has 0 saturated heterocycles. The van der Waals surface area contributed by atoms with E-state index in [1.165, 1.54) is 5.56 Å². The first-order chi connectivity index (χ1) is 9.45. The normalized spacial score (nSPS) is 11.1. The predicted octanol–water partition coefficient (Wildman–Crippen LogP) is 3.63. The van der Waals surface area contributed by atoms with Crippen LogP contribution in [-0.2, 0) is 12.8 Å². The lowest BCUT2D eigenvalue weighted by molar-refractivity contribution is 0.627. The van der Waals surface area contributed by atoms with Crippen LogP contribution in [0.1, 0.15) is 36.5 Å². The highest BCUT2D eigenvalue weighted by molar-refractivity contribution is 9.10. The molecule has 106 valence electrons. The van der Waals surface area contributed by atoms with E-state index in [1.54, 1.807) is 0 Å². The zero-order valence-electron chi connectivity index (χ0n) is 12.0. The smallest absolute Gasteiger partial charge is 0.265 e. The first kappa shape index (κ1) is 15.0. The van der Waals surface area contributed by atoms with E-state index in [9.17, 15) is 4.79 Å².